The van der Waals surface area contributed by atoms with Crippen molar-refractivity contribution >= 4 is 0 Å². The summed E-state index contributed by atoms with van der Waals surface area (Å²) < 4.78 is 34.9. The normalized spacial score (nSPS) is 45.4. The molecule has 10 heteroatoms. The summed E-state index contributed by atoms with van der Waals surface area (Å²) in [6.07, 6.45) is 34.0. The van der Waals surface area contributed by atoms with Crippen LogP contribution in [0.3, 0.4) is 0 Å². The lowest BCUT2D eigenvalue weighted by Gasteiger charge is -2.60. The summed E-state index contributed by atoms with van der Waals surface area (Å²) in [5.41, 5.74) is 0.0784. The Morgan fingerprint density at radius 3 is 1.06 bits per heavy atom. The molecular weight excluding hydrogens is 1050 g/mol. The Morgan fingerprint density at radius 1 is 0.393 bits per heavy atom. The molecule has 0 aromatic rings. The van der Waals surface area contributed by atoms with Crippen LogP contribution in [0.2, 0.25) is 0 Å². The van der Waals surface area contributed by atoms with Crippen molar-refractivity contribution in [1.29, 1.82) is 0 Å². The number of rotatable bonds is 0. The highest BCUT2D eigenvalue weighted by atomic mass is 16.5. The molecule has 0 aromatic carbocycles. The van der Waals surface area contributed by atoms with E-state index < -0.39 is 22.4 Å². The minimum absolute atomic E-state index is 0.0562. The first-order valence-electron chi connectivity index (χ1n) is 32.8. The van der Waals surface area contributed by atoms with E-state index in [2.05, 4.69) is 253 Å². The third-order valence-corrected chi connectivity index (χ3v) is 23.2. The van der Waals surface area contributed by atoms with Crippen LogP contribution < -0.4 is 0 Å². The molecule has 12 bridgehead atoms. The van der Waals surface area contributed by atoms with Crippen LogP contribution in [0.15, 0.2) is 84.1 Å². The topological polar surface area (TPSA) is 136 Å². The fourth-order valence-electron chi connectivity index (χ4n) is 16.7. The van der Waals surface area contributed by atoms with E-state index in [-0.39, 0.29) is 117 Å². The van der Waals surface area contributed by atoms with Gasteiger partial charge in [0.1, 0.15) is 0 Å². The summed E-state index contributed by atoms with van der Waals surface area (Å²) in [6, 6.07) is 0. The third kappa shape index (κ3) is 13.2. The Kier molecular flexibility index (Phi) is 19.4. The first kappa shape index (κ1) is 69.3. The monoisotopic (exact) mass is 1170 g/mol. The molecule has 5 fully saturated rings. The van der Waals surface area contributed by atoms with E-state index in [1.54, 1.807) is 0 Å². The molecule has 4 N–H and O–H groups in total. The van der Waals surface area contributed by atoms with Crippen molar-refractivity contribution in [3.05, 3.63) is 84.1 Å². The molecule has 22 atom stereocenters. The average molecular weight is 1170 g/mol. The number of aliphatic hydroxyl groups is 4. The molecule has 0 spiro atoms. The smallest absolute Gasteiger partial charge is 0.0949 e. The molecule has 0 saturated carbocycles. The van der Waals surface area contributed by atoms with Crippen molar-refractivity contribution in [2.45, 2.75) is 313 Å². The van der Waals surface area contributed by atoms with Gasteiger partial charge in [0.05, 0.1) is 94.6 Å². The van der Waals surface area contributed by atoms with Gasteiger partial charge < -0.3 is 48.8 Å². The predicted molar refractivity (Wildman–Crippen MR) is 342 cm³/mol. The summed E-state index contributed by atoms with van der Waals surface area (Å²) in [5.74, 6) is 0.955. The first-order chi connectivity index (χ1) is 38.1. The Balaban J connectivity index is 0.000000145. The maximum Gasteiger partial charge on any atom is 0.0949 e. The third-order valence-electron chi connectivity index (χ3n) is 23.2. The van der Waals surface area contributed by atoms with Gasteiger partial charge in [-0.25, -0.2) is 0 Å². The standard InChI is InChI=1S/C15H26O2.C13H24O2.C13H22O2.C11H18O2.2C11H16O/c1-10-13(6)8-9-14(7,17-13)11(2)15(10,16)12(3,4)5;2*1-8-10-6-7-11(15-10)9(2)13(8,14)12(3,4)5;1-10(2,3)11(12)6-8-4-5-9(7-11)13-8;2*1-11(2,3)8-6-9-4-5-10(7-8)12-9/h8-11,16H,1-7H3;8-11,14H,6-7H2,1-5H3;6-11,14H,1-5H3;4-5,8-9,12H,6-7H2,1-3H3;2*4-6,9-10H,7H2,1-3H3/t10-,11+,13+,14-,15?;2*8-,9+,10+,11-,13?;8-,9+,11?;2*9-,10+/m....10/s1. The summed E-state index contributed by atoms with van der Waals surface area (Å²) in [6.45, 7) is 55.9. The molecule has 4 unspecified atom stereocenters. The molecule has 12 aliphatic heterocycles. The highest BCUT2D eigenvalue weighted by molar-refractivity contribution is 5.30. The van der Waals surface area contributed by atoms with Crippen LogP contribution in [0.4, 0.5) is 0 Å². The number of fused-ring (bicyclic) bond motifs is 12. The molecular formula is C74H122O10. The van der Waals surface area contributed by atoms with Crippen LogP contribution in [0.25, 0.3) is 0 Å². The molecule has 84 heavy (non-hydrogen) atoms. The fraction of sp³-hybridized carbons (Fsp3) is 0.811. The lowest BCUT2D eigenvalue weighted by molar-refractivity contribution is -0.282. The minimum atomic E-state index is -0.724. The second-order valence-corrected chi connectivity index (χ2v) is 34.5. The Morgan fingerprint density at radius 2 is 0.738 bits per heavy atom. The predicted octanol–water partition coefficient (Wildman–Crippen LogP) is 15.4. The van der Waals surface area contributed by atoms with Crippen molar-refractivity contribution < 1.29 is 48.8 Å². The maximum atomic E-state index is 11.3. The van der Waals surface area contributed by atoms with Gasteiger partial charge in [-0.15, -0.1) is 0 Å². The molecule has 12 rings (SSSR count). The maximum absolute atomic E-state index is 11.3. The van der Waals surface area contributed by atoms with Crippen molar-refractivity contribution in [2.24, 2.45) is 68.0 Å². The summed E-state index contributed by atoms with van der Waals surface area (Å²) in [4.78, 5) is 0. The second kappa shape index (κ2) is 23.5. The molecule has 0 aromatic heterocycles. The molecule has 0 amide bonds. The van der Waals surface area contributed by atoms with Crippen LogP contribution >= 0.6 is 0 Å². The van der Waals surface area contributed by atoms with Gasteiger partial charge in [0.25, 0.3) is 0 Å². The van der Waals surface area contributed by atoms with Crippen LogP contribution in [0.5, 0.6) is 0 Å². The van der Waals surface area contributed by atoms with Crippen LogP contribution in [-0.2, 0) is 28.4 Å². The SMILES string of the molecule is CC(C)(C)C1(O)C[C@H]2C=C[C@@H](C1)O2.CC(C)(C)C1=C[C@@H]2C=C[C@H](C1)O2.CC(C)(C)C1=C[C@H]2C=C[C@@H](C1)O2.C[C@@H]1C(O)(C(C)(C)C)[C@H](C)[C@]2(C)C=C[C@@]1(C)O2.C[C@@H]1[C@@H]2C=C[C@@H](O2)[C@H](C)C1(O)C(C)(C)C.C[C@@H]1[C@@H]2CC[C@@H](O2)[C@H](C)C1(O)C(C)(C)C. The summed E-state index contributed by atoms with van der Waals surface area (Å²) in [5, 5.41) is 43.9. The Labute approximate surface area is 511 Å². The Hall–Kier alpha value is -2.22. The largest absolute Gasteiger partial charge is 0.389 e. The van der Waals surface area contributed by atoms with Gasteiger partial charge in [0.2, 0.25) is 0 Å². The van der Waals surface area contributed by atoms with Gasteiger partial charge in [-0.3, -0.25) is 0 Å². The van der Waals surface area contributed by atoms with Crippen molar-refractivity contribution in [3.8, 4) is 0 Å². The lowest BCUT2D eigenvalue weighted by atomic mass is 9.56. The summed E-state index contributed by atoms with van der Waals surface area (Å²) >= 11 is 0. The number of hydrogen-bond donors (Lipinski definition) is 4. The number of ether oxygens (including phenoxy) is 6. The lowest BCUT2D eigenvalue weighted by Crippen LogP contribution is -2.68. The minimum Gasteiger partial charge on any atom is -0.389 e. The highest BCUT2D eigenvalue weighted by Gasteiger charge is 2.66. The summed E-state index contributed by atoms with van der Waals surface area (Å²) in [7, 11) is 0. The van der Waals surface area contributed by atoms with E-state index in [0.29, 0.717) is 23.0 Å². The number of hydrogen-bond acceptors (Lipinski definition) is 10. The molecule has 12 aliphatic rings. The van der Waals surface area contributed by atoms with E-state index in [0.717, 1.165) is 38.5 Å². The average Bonchev–Trinajstić information content (AvgIpc) is 1.46. The zero-order valence-electron chi connectivity index (χ0n) is 57.6. The first-order valence-corrected chi connectivity index (χ1v) is 32.8. The van der Waals surface area contributed by atoms with E-state index >= 15 is 0 Å². The van der Waals surface area contributed by atoms with Crippen LogP contribution in [0.1, 0.15) is 219 Å². The molecule has 5 saturated heterocycles. The van der Waals surface area contributed by atoms with E-state index in [9.17, 15) is 20.4 Å². The molecule has 0 radical (unpaired) electrons. The molecule has 0 aliphatic carbocycles. The van der Waals surface area contributed by atoms with Crippen molar-refractivity contribution in [2.75, 3.05) is 0 Å². The van der Waals surface area contributed by atoms with Crippen molar-refractivity contribution in [3.63, 3.8) is 0 Å². The fourth-order valence-corrected chi connectivity index (χ4v) is 16.7. The molecule has 478 valence electrons. The van der Waals surface area contributed by atoms with Gasteiger partial charge in [-0.05, 0) is 72.0 Å². The van der Waals surface area contributed by atoms with Crippen LogP contribution in [-0.4, -0.2) is 115 Å². The van der Waals surface area contributed by atoms with E-state index in [4.69, 9.17) is 28.4 Å². The molecule has 12 heterocycles. The quantitative estimate of drug-likeness (QED) is 0.174. The zero-order valence-corrected chi connectivity index (χ0v) is 57.6. The van der Waals surface area contributed by atoms with E-state index in [1.165, 1.54) is 11.1 Å². The highest BCUT2D eigenvalue weighted by Crippen LogP contribution is 2.60. The zero-order chi connectivity index (χ0) is 63.4. The van der Waals surface area contributed by atoms with Crippen LogP contribution in [0, 0.1) is 68.0 Å². The Bertz CT molecular complexity index is 2380. The van der Waals surface area contributed by atoms with Gasteiger partial charge in [0, 0.05) is 48.3 Å². The van der Waals surface area contributed by atoms with Gasteiger partial charge in [-0.2, -0.15) is 0 Å². The van der Waals surface area contributed by atoms with E-state index in [1.807, 2.05) is 0 Å². The molecule has 10 nitrogen and oxygen atoms in total. The van der Waals surface area contributed by atoms with Crippen molar-refractivity contribution in [1.82, 2.24) is 0 Å². The second-order valence-electron chi connectivity index (χ2n) is 34.5. The van der Waals surface area contributed by atoms with Gasteiger partial charge >= 0.3 is 0 Å². The van der Waals surface area contributed by atoms with Gasteiger partial charge in [0.15, 0.2) is 0 Å². The van der Waals surface area contributed by atoms with Gasteiger partial charge in [-0.1, -0.05) is 250 Å².